The van der Waals surface area contributed by atoms with Crippen LogP contribution in [0.4, 0.5) is 0 Å². The lowest BCUT2D eigenvalue weighted by Crippen LogP contribution is -2.30. The van der Waals surface area contributed by atoms with Gasteiger partial charge < -0.3 is 9.84 Å². The predicted octanol–water partition coefficient (Wildman–Crippen LogP) is 4.42. The molecule has 0 bridgehead atoms. The van der Waals surface area contributed by atoms with Gasteiger partial charge in [0.15, 0.2) is 0 Å². The van der Waals surface area contributed by atoms with E-state index >= 15 is 0 Å². The Hall–Kier alpha value is -2.02. The molecule has 0 saturated heterocycles. The van der Waals surface area contributed by atoms with Gasteiger partial charge in [0.05, 0.1) is 24.3 Å². The van der Waals surface area contributed by atoms with E-state index in [0.29, 0.717) is 30.0 Å². The van der Waals surface area contributed by atoms with E-state index < -0.39 is 6.10 Å². The van der Waals surface area contributed by atoms with Crippen molar-refractivity contribution < 1.29 is 9.84 Å². The van der Waals surface area contributed by atoms with E-state index in [2.05, 4.69) is 31.2 Å². The molecule has 2 aromatic carbocycles. The molecule has 130 valence electrons. The van der Waals surface area contributed by atoms with Crippen LogP contribution in [0.3, 0.4) is 0 Å². The van der Waals surface area contributed by atoms with Crippen molar-refractivity contribution in [2.24, 2.45) is 0 Å². The Balaban J connectivity index is 2.03. The van der Waals surface area contributed by atoms with Crippen molar-refractivity contribution in [3.8, 4) is 11.8 Å². The number of nitriles is 1. The number of nitrogens with zero attached hydrogens (tertiary/aromatic N) is 1. The number of hydrogen-bond acceptors (Lipinski definition) is 3. The monoisotopic (exact) mass is 355 g/mol. The summed E-state index contributed by atoms with van der Waals surface area (Å²) in [4.78, 5) is 0. The maximum atomic E-state index is 10.1. The van der Waals surface area contributed by atoms with E-state index in [1.807, 2.05) is 13.0 Å². The van der Waals surface area contributed by atoms with Crippen molar-refractivity contribution in [3.63, 3.8) is 0 Å². The first-order valence-corrected chi connectivity index (χ1v) is 8.92. The van der Waals surface area contributed by atoms with Crippen LogP contribution in [0, 0.1) is 11.3 Å². The quantitative estimate of drug-likeness (QED) is 0.863. The van der Waals surface area contributed by atoms with E-state index in [-0.39, 0.29) is 5.41 Å². The number of fused-ring (bicyclic) bond motifs is 1. The molecule has 0 spiro atoms. The number of halogens is 1. The summed E-state index contributed by atoms with van der Waals surface area (Å²) in [5.41, 5.74) is 3.54. The summed E-state index contributed by atoms with van der Waals surface area (Å²) in [7, 11) is 0. The molecule has 1 aliphatic heterocycles. The lowest BCUT2D eigenvalue weighted by atomic mass is 9.72. The van der Waals surface area contributed by atoms with Crippen molar-refractivity contribution in [2.45, 2.75) is 44.6 Å². The SMILES string of the molecule is CC(O)CC(C)(Cc1ccc(C#N)cc1Cl)c1cccc2c1OCC2. The van der Waals surface area contributed by atoms with Gasteiger partial charge >= 0.3 is 0 Å². The van der Waals surface area contributed by atoms with Gasteiger partial charge in [-0.25, -0.2) is 0 Å². The minimum absolute atomic E-state index is 0.318. The molecule has 3 nitrogen and oxygen atoms in total. The number of aliphatic hydroxyl groups excluding tert-OH is 1. The molecular formula is C21H22ClNO2. The zero-order chi connectivity index (χ0) is 18.0. The fourth-order valence-corrected chi connectivity index (χ4v) is 4.05. The van der Waals surface area contributed by atoms with Gasteiger partial charge in [0.1, 0.15) is 5.75 Å². The second-order valence-corrected chi connectivity index (χ2v) is 7.51. The number of rotatable bonds is 5. The summed E-state index contributed by atoms with van der Waals surface area (Å²) in [6, 6.07) is 13.8. The van der Waals surface area contributed by atoms with Crippen LogP contribution in [0.15, 0.2) is 36.4 Å². The summed E-state index contributed by atoms with van der Waals surface area (Å²) < 4.78 is 5.90. The summed E-state index contributed by atoms with van der Waals surface area (Å²) in [5, 5.41) is 19.7. The van der Waals surface area contributed by atoms with E-state index in [0.717, 1.165) is 23.3 Å². The first-order chi connectivity index (χ1) is 11.9. The highest BCUT2D eigenvalue weighted by Gasteiger charge is 2.34. The van der Waals surface area contributed by atoms with Crippen molar-refractivity contribution in [3.05, 3.63) is 63.7 Å². The van der Waals surface area contributed by atoms with Crippen molar-refractivity contribution >= 4 is 11.6 Å². The van der Waals surface area contributed by atoms with Crippen molar-refractivity contribution in [2.75, 3.05) is 6.61 Å². The van der Waals surface area contributed by atoms with E-state index in [1.54, 1.807) is 12.1 Å². The van der Waals surface area contributed by atoms with E-state index in [4.69, 9.17) is 21.6 Å². The minimum atomic E-state index is -0.445. The first kappa shape index (κ1) is 17.8. The highest BCUT2D eigenvalue weighted by atomic mass is 35.5. The molecule has 0 radical (unpaired) electrons. The van der Waals surface area contributed by atoms with Crippen LogP contribution in [0.5, 0.6) is 5.75 Å². The van der Waals surface area contributed by atoms with Crippen LogP contribution < -0.4 is 4.74 Å². The number of hydrogen-bond donors (Lipinski definition) is 1. The summed E-state index contributed by atoms with van der Waals surface area (Å²) in [6.07, 6.45) is 1.75. The van der Waals surface area contributed by atoms with E-state index in [1.165, 1.54) is 5.56 Å². The first-order valence-electron chi connectivity index (χ1n) is 8.55. The molecule has 1 N–H and O–H groups in total. The van der Waals surface area contributed by atoms with Gasteiger partial charge in [-0.3, -0.25) is 0 Å². The Morgan fingerprint density at radius 1 is 1.36 bits per heavy atom. The molecule has 3 rings (SSSR count). The fraction of sp³-hybridized carbons (Fsp3) is 0.381. The van der Waals surface area contributed by atoms with Crippen LogP contribution in [-0.2, 0) is 18.3 Å². The lowest BCUT2D eigenvalue weighted by Gasteiger charge is -2.33. The molecule has 1 heterocycles. The number of para-hydroxylation sites is 1. The van der Waals surface area contributed by atoms with Gasteiger partial charge in [0.2, 0.25) is 0 Å². The number of benzene rings is 2. The van der Waals surface area contributed by atoms with Crippen LogP contribution in [0.25, 0.3) is 0 Å². The third kappa shape index (κ3) is 3.66. The Morgan fingerprint density at radius 3 is 2.84 bits per heavy atom. The van der Waals surface area contributed by atoms with Crippen LogP contribution in [0.2, 0.25) is 5.02 Å². The molecule has 25 heavy (non-hydrogen) atoms. The molecule has 2 aromatic rings. The summed E-state index contributed by atoms with van der Waals surface area (Å²) in [5.74, 6) is 0.954. The van der Waals surface area contributed by atoms with Gasteiger partial charge in [-0.15, -0.1) is 0 Å². The van der Waals surface area contributed by atoms with Gasteiger partial charge in [0.25, 0.3) is 0 Å². The molecule has 0 fully saturated rings. The smallest absolute Gasteiger partial charge is 0.126 e. The second kappa shape index (κ2) is 7.07. The van der Waals surface area contributed by atoms with E-state index in [9.17, 15) is 5.11 Å². The zero-order valence-corrected chi connectivity index (χ0v) is 15.3. The van der Waals surface area contributed by atoms with Crippen molar-refractivity contribution in [1.29, 1.82) is 5.26 Å². The molecule has 0 aliphatic carbocycles. The molecule has 0 saturated carbocycles. The Kier molecular flexibility index (Phi) is 5.03. The maximum Gasteiger partial charge on any atom is 0.126 e. The fourth-order valence-electron chi connectivity index (χ4n) is 3.80. The minimum Gasteiger partial charge on any atom is -0.493 e. The van der Waals surface area contributed by atoms with Crippen LogP contribution in [0.1, 0.15) is 42.5 Å². The standard InChI is InChI=1S/C21H22ClNO2/c1-14(24)11-21(2,12-17-7-6-15(13-23)10-19(17)22)18-5-3-4-16-8-9-25-20(16)18/h3-7,10,14,24H,8-9,11-12H2,1-2H3. The normalized spacial score (nSPS) is 16.4. The second-order valence-electron chi connectivity index (χ2n) is 7.10. The molecule has 0 aromatic heterocycles. The molecule has 2 unspecified atom stereocenters. The largest absolute Gasteiger partial charge is 0.493 e. The topological polar surface area (TPSA) is 53.2 Å². The van der Waals surface area contributed by atoms with Gasteiger partial charge in [-0.1, -0.05) is 42.8 Å². The Morgan fingerprint density at radius 2 is 2.16 bits per heavy atom. The number of aliphatic hydroxyl groups is 1. The molecule has 0 amide bonds. The Bertz CT molecular complexity index is 825. The average Bonchev–Trinajstić information content (AvgIpc) is 3.04. The molecule has 4 heteroatoms. The molecule has 2 atom stereocenters. The number of ether oxygens (including phenoxy) is 1. The molecular weight excluding hydrogens is 334 g/mol. The predicted molar refractivity (Wildman–Crippen MR) is 99.2 cm³/mol. The highest BCUT2D eigenvalue weighted by Crippen LogP contribution is 2.42. The lowest BCUT2D eigenvalue weighted by molar-refractivity contribution is 0.150. The van der Waals surface area contributed by atoms with Crippen LogP contribution in [-0.4, -0.2) is 17.8 Å². The highest BCUT2D eigenvalue weighted by molar-refractivity contribution is 6.31. The van der Waals surface area contributed by atoms with Gasteiger partial charge in [-0.2, -0.15) is 5.26 Å². The summed E-state index contributed by atoms with van der Waals surface area (Å²) >= 11 is 6.41. The third-order valence-corrected chi connectivity index (χ3v) is 5.23. The third-order valence-electron chi connectivity index (χ3n) is 4.87. The summed E-state index contributed by atoms with van der Waals surface area (Å²) in [6.45, 7) is 4.66. The van der Waals surface area contributed by atoms with Gasteiger partial charge in [0, 0.05) is 22.4 Å². The van der Waals surface area contributed by atoms with Gasteiger partial charge in [-0.05, 0) is 43.0 Å². The average molecular weight is 356 g/mol. The zero-order valence-electron chi connectivity index (χ0n) is 14.6. The maximum absolute atomic E-state index is 10.1. The molecule has 1 aliphatic rings. The van der Waals surface area contributed by atoms with Crippen molar-refractivity contribution in [1.82, 2.24) is 0 Å². The Labute approximate surface area is 153 Å². The van der Waals surface area contributed by atoms with Crippen LogP contribution >= 0.6 is 11.6 Å².